The van der Waals surface area contributed by atoms with E-state index in [-0.39, 0.29) is 0 Å². The molecule has 0 saturated carbocycles. The third-order valence-corrected chi connectivity index (χ3v) is 4.20. The molecule has 100 valence electrons. The summed E-state index contributed by atoms with van der Waals surface area (Å²) in [4.78, 5) is 0. The second-order valence-corrected chi connectivity index (χ2v) is 5.53. The fraction of sp³-hybridized carbons (Fsp3) is 0.200. The molecule has 0 amide bonds. The number of aliphatic hydroxyl groups is 1. The second-order valence-electron chi connectivity index (χ2n) is 4.27. The zero-order chi connectivity index (χ0) is 14.0. The molecule has 0 radical (unpaired) electrons. The van der Waals surface area contributed by atoms with Gasteiger partial charge in [0, 0.05) is 20.6 Å². The highest BCUT2D eigenvalue weighted by Gasteiger charge is 2.19. The van der Waals surface area contributed by atoms with Gasteiger partial charge in [-0.2, -0.15) is 0 Å². The molecule has 0 spiro atoms. The first-order valence-electron chi connectivity index (χ1n) is 5.81. The van der Waals surface area contributed by atoms with Crippen molar-refractivity contribution >= 4 is 27.5 Å². The van der Waals surface area contributed by atoms with E-state index < -0.39 is 6.10 Å². The standard InChI is InChI=1S/C15H14BrClO2/c1-9-7-14(19-2)11(8-12(9)16)15(18)10-5-3-4-6-13(10)17/h3-8,15,18H,1-2H3. The number of hydrogen-bond donors (Lipinski definition) is 1. The number of halogens is 2. The Morgan fingerprint density at radius 2 is 1.89 bits per heavy atom. The van der Waals surface area contributed by atoms with Crippen LogP contribution in [0.2, 0.25) is 5.02 Å². The molecular weight excluding hydrogens is 328 g/mol. The molecule has 0 bridgehead atoms. The minimum absolute atomic E-state index is 0.536. The molecular formula is C15H14BrClO2. The van der Waals surface area contributed by atoms with E-state index in [4.69, 9.17) is 16.3 Å². The molecule has 2 nitrogen and oxygen atoms in total. The van der Waals surface area contributed by atoms with Crippen LogP contribution in [0.1, 0.15) is 22.8 Å². The van der Waals surface area contributed by atoms with E-state index in [2.05, 4.69) is 15.9 Å². The molecule has 1 N–H and O–H groups in total. The summed E-state index contributed by atoms with van der Waals surface area (Å²) in [6.45, 7) is 1.97. The number of methoxy groups -OCH3 is 1. The van der Waals surface area contributed by atoms with Gasteiger partial charge in [0.25, 0.3) is 0 Å². The Bertz CT molecular complexity index is 599. The Morgan fingerprint density at radius 3 is 2.53 bits per heavy atom. The quantitative estimate of drug-likeness (QED) is 0.890. The molecule has 0 heterocycles. The summed E-state index contributed by atoms with van der Waals surface area (Å²) in [7, 11) is 1.59. The maximum Gasteiger partial charge on any atom is 0.125 e. The van der Waals surface area contributed by atoms with Crippen molar-refractivity contribution in [3.8, 4) is 5.75 Å². The molecule has 2 aromatic carbocycles. The molecule has 2 rings (SSSR count). The van der Waals surface area contributed by atoms with Gasteiger partial charge in [0.2, 0.25) is 0 Å². The van der Waals surface area contributed by atoms with Crippen LogP contribution in [-0.4, -0.2) is 12.2 Å². The van der Waals surface area contributed by atoms with Crippen molar-refractivity contribution in [3.05, 3.63) is 62.6 Å². The van der Waals surface area contributed by atoms with Gasteiger partial charge in [-0.1, -0.05) is 45.7 Å². The van der Waals surface area contributed by atoms with Crippen molar-refractivity contribution < 1.29 is 9.84 Å². The van der Waals surface area contributed by atoms with Crippen molar-refractivity contribution in [2.24, 2.45) is 0 Å². The number of rotatable bonds is 3. The predicted molar refractivity (Wildman–Crippen MR) is 80.9 cm³/mol. The van der Waals surface area contributed by atoms with E-state index in [0.717, 1.165) is 10.0 Å². The van der Waals surface area contributed by atoms with Crippen molar-refractivity contribution in [3.63, 3.8) is 0 Å². The molecule has 0 aromatic heterocycles. The summed E-state index contributed by atoms with van der Waals surface area (Å²) < 4.78 is 6.27. The summed E-state index contributed by atoms with van der Waals surface area (Å²) in [6.07, 6.45) is -0.819. The Balaban J connectivity index is 2.52. The summed E-state index contributed by atoms with van der Waals surface area (Å²) in [5.74, 6) is 0.646. The Morgan fingerprint density at radius 1 is 1.21 bits per heavy atom. The van der Waals surface area contributed by atoms with Gasteiger partial charge in [-0.05, 0) is 30.7 Å². The third kappa shape index (κ3) is 2.94. The SMILES string of the molecule is COc1cc(C)c(Br)cc1C(O)c1ccccc1Cl. The van der Waals surface area contributed by atoms with Crippen LogP contribution in [0, 0.1) is 6.92 Å². The number of aryl methyl sites for hydroxylation is 1. The van der Waals surface area contributed by atoms with Gasteiger partial charge in [-0.3, -0.25) is 0 Å². The largest absolute Gasteiger partial charge is 0.496 e. The lowest BCUT2D eigenvalue weighted by molar-refractivity contribution is 0.214. The molecule has 19 heavy (non-hydrogen) atoms. The Hall–Kier alpha value is -1.03. The third-order valence-electron chi connectivity index (χ3n) is 3.01. The lowest BCUT2D eigenvalue weighted by atomic mass is 9.99. The van der Waals surface area contributed by atoms with Crippen LogP contribution in [0.3, 0.4) is 0 Å². The van der Waals surface area contributed by atoms with Gasteiger partial charge in [-0.25, -0.2) is 0 Å². The molecule has 1 unspecified atom stereocenters. The van der Waals surface area contributed by atoms with Crippen molar-refractivity contribution in [2.45, 2.75) is 13.0 Å². The molecule has 0 aliphatic heterocycles. The average Bonchev–Trinajstić information content (AvgIpc) is 2.41. The normalized spacial score (nSPS) is 12.3. The molecule has 4 heteroatoms. The van der Waals surface area contributed by atoms with Gasteiger partial charge in [0.05, 0.1) is 7.11 Å². The molecule has 0 aliphatic carbocycles. The molecule has 0 saturated heterocycles. The van der Waals surface area contributed by atoms with Crippen molar-refractivity contribution in [1.82, 2.24) is 0 Å². The van der Waals surface area contributed by atoms with Crippen LogP contribution >= 0.6 is 27.5 Å². The summed E-state index contributed by atoms with van der Waals surface area (Å²) in [5.41, 5.74) is 2.40. The topological polar surface area (TPSA) is 29.5 Å². The van der Waals surface area contributed by atoms with Crippen LogP contribution in [0.5, 0.6) is 5.75 Å². The highest BCUT2D eigenvalue weighted by atomic mass is 79.9. The molecule has 1 atom stereocenters. The number of benzene rings is 2. The maximum atomic E-state index is 10.5. The molecule has 0 aliphatic rings. The van der Waals surface area contributed by atoms with Gasteiger partial charge < -0.3 is 9.84 Å². The fourth-order valence-electron chi connectivity index (χ4n) is 1.93. The molecule has 2 aromatic rings. The summed E-state index contributed by atoms with van der Waals surface area (Å²) in [5, 5.41) is 11.1. The van der Waals surface area contributed by atoms with Crippen LogP contribution in [0.25, 0.3) is 0 Å². The van der Waals surface area contributed by atoms with E-state index in [1.807, 2.05) is 31.2 Å². The Kier molecular flexibility index (Phi) is 4.50. The predicted octanol–water partition coefficient (Wildman–Crippen LogP) is 4.50. The zero-order valence-electron chi connectivity index (χ0n) is 10.7. The maximum absolute atomic E-state index is 10.5. The van der Waals surface area contributed by atoms with Crippen LogP contribution in [0.15, 0.2) is 40.9 Å². The first kappa shape index (κ1) is 14.4. The highest BCUT2D eigenvalue weighted by molar-refractivity contribution is 9.10. The van der Waals surface area contributed by atoms with E-state index in [1.54, 1.807) is 19.2 Å². The smallest absolute Gasteiger partial charge is 0.125 e. The van der Waals surface area contributed by atoms with E-state index in [1.165, 1.54) is 0 Å². The first-order valence-corrected chi connectivity index (χ1v) is 6.98. The van der Waals surface area contributed by atoms with Crippen LogP contribution in [-0.2, 0) is 0 Å². The van der Waals surface area contributed by atoms with Gasteiger partial charge in [0.15, 0.2) is 0 Å². The second kappa shape index (κ2) is 5.95. The highest BCUT2D eigenvalue weighted by Crippen LogP contribution is 2.36. The minimum Gasteiger partial charge on any atom is -0.496 e. The van der Waals surface area contributed by atoms with Crippen LogP contribution in [0.4, 0.5) is 0 Å². The summed E-state index contributed by atoms with van der Waals surface area (Å²) in [6, 6.07) is 11.0. The minimum atomic E-state index is -0.819. The monoisotopic (exact) mass is 340 g/mol. The van der Waals surface area contributed by atoms with Gasteiger partial charge in [0.1, 0.15) is 11.9 Å². The van der Waals surface area contributed by atoms with Gasteiger partial charge in [-0.15, -0.1) is 0 Å². The zero-order valence-corrected chi connectivity index (χ0v) is 13.0. The number of ether oxygens (including phenoxy) is 1. The molecule has 0 fully saturated rings. The first-order chi connectivity index (χ1) is 9.04. The lowest BCUT2D eigenvalue weighted by Crippen LogP contribution is -2.04. The Labute approximate surface area is 126 Å². The number of aliphatic hydroxyl groups excluding tert-OH is 1. The number of hydrogen-bond acceptors (Lipinski definition) is 2. The van der Waals surface area contributed by atoms with E-state index in [9.17, 15) is 5.11 Å². The van der Waals surface area contributed by atoms with E-state index in [0.29, 0.717) is 21.9 Å². The lowest BCUT2D eigenvalue weighted by Gasteiger charge is -2.17. The van der Waals surface area contributed by atoms with Crippen molar-refractivity contribution in [2.75, 3.05) is 7.11 Å². The van der Waals surface area contributed by atoms with E-state index >= 15 is 0 Å². The average molecular weight is 342 g/mol. The van der Waals surface area contributed by atoms with Crippen molar-refractivity contribution in [1.29, 1.82) is 0 Å². The van der Waals surface area contributed by atoms with Crippen LogP contribution < -0.4 is 4.74 Å². The summed E-state index contributed by atoms with van der Waals surface area (Å²) >= 11 is 9.59. The van der Waals surface area contributed by atoms with Gasteiger partial charge >= 0.3 is 0 Å². The fourth-order valence-corrected chi connectivity index (χ4v) is 2.53.